The summed E-state index contributed by atoms with van der Waals surface area (Å²) in [6.45, 7) is -0.0307. The Bertz CT molecular complexity index is 1280. The van der Waals surface area contributed by atoms with E-state index < -0.39 is 34.0 Å². The van der Waals surface area contributed by atoms with E-state index in [1.165, 1.54) is 43.9 Å². The number of carbonyl (C=O) groups is 1. The number of piperidine rings is 1. The minimum atomic E-state index is -3.59. The van der Waals surface area contributed by atoms with E-state index in [-0.39, 0.29) is 24.9 Å². The lowest BCUT2D eigenvalue weighted by Gasteiger charge is -2.31. The maximum atomic E-state index is 13.1. The minimum Gasteiger partial charge on any atom is -0.480 e. The molecule has 0 radical (unpaired) electrons. The number of aliphatic carboxylic acids is 1. The monoisotopic (exact) mass is 448 g/mol. The number of fused-ring (bicyclic) bond motifs is 1. The van der Waals surface area contributed by atoms with Crippen molar-refractivity contribution in [3.63, 3.8) is 0 Å². The smallest absolute Gasteiger partial charge is 0.331 e. The van der Waals surface area contributed by atoms with E-state index in [9.17, 15) is 22.4 Å². The molecule has 0 amide bonds. The molecule has 2 aromatic heterocycles. The first kappa shape index (κ1) is 21.2. The van der Waals surface area contributed by atoms with Crippen molar-refractivity contribution in [2.45, 2.75) is 31.2 Å². The van der Waals surface area contributed by atoms with Crippen LogP contribution in [0.4, 0.5) is 4.39 Å². The fourth-order valence-corrected chi connectivity index (χ4v) is 5.55. The number of pyridine rings is 1. The maximum Gasteiger partial charge on any atom is 0.331 e. The number of halogens is 1. The van der Waals surface area contributed by atoms with Gasteiger partial charge in [0.1, 0.15) is 12.4 Å². The summed E-state index contributed by atoms with van der Waals surface area (Å²) in [4.78, 5) is 28.4. The van der Waals surface area contributed by atoms with Gasteiger partial charge in [0, 0.05) is 25.3 Å². The van der Waals surface area contributed by atoms with Crippen molar-refractivity contribution >= 4 is 27.2 Å². The quantitative estimate of drug-likeness (QED) is 0.613. The standard InChI is InChI=1S/C20H21FN4O5S/c21-15-5-3-14(4-6-15)13-31(29,30)23-10-7-16(8-11-23)25-19-17(2-1-9-22-19)24(20(25)28)12-18(26)27/h1-6,9,16H,7-8,10-13H2,(H,26,27). The molecule has 11 heteroatoms. The second-order valence-electron chi connectivity index (χ2n) is 7.49. The number of hydrogen-bond donors (Lipinski definition) is 1. The number of aromatic nitrogens is 3. The topological polar surface area (TPSA) is 114 Å². The van der Waals surface area contributed by atoms with Gasteiger partial charge >= 0.3 is 11.7 Å². The molecule has 164 valence electrons. The largest absolute Gasteiger partial charge is 0.480 e. The molecule has 0 atom stereocenters. The molecular weight excluding hydrogens is 427 g/mol. The molecule has 1 fully saturated rings. The zero-order valence-corrected chi connectivity index (χ0v) is 17.3. The van der Waals surface area contributed by atoms with Crippen molar-refractivity contribution in [2.24, 2.45) is 0 Å². The zero-order chi connectivity index (χ0) is 22.2. The normalized spacial score (nSPS) is 16.0. The molecule has 1 saturated heterocycles. The Kier molecular flexibility index (Phi) is 5.63. The predicted molar refractivity (Wildman–Crippen MR) is 110 cm³/mol. The SMILES string of the molecule is O=C(O)Cn1c(=O)n(C2CCN(S(=O)(=O)Cc3ccc(F)cc3)CC2)c2ncccc21. The number of imidazole rings is 1. The Labute approximate surface area is 177 Å². The van der Waals surface area contributed by atoms with Gasteiger partial charge in [-0.25, -0.2) is 26.9 Å². The Balaban J connectivity index is 1.54. The summed E-state index contributed by atoms with van der Waals surface area (Å²) in [7, 11) is -3.59. The molecule has 0 unspecified atom stereocenters. The Morgan fingerprint density at radius 3 is 2.48 bits per heavy atom. The van der Waals surface area contributed by atoms with Gasteiger partial charge in [-0.15, -0.1) is 0 Å². The summed E-state index contributed by atoms with van der Waals surface area (Å²) < 4.78 is 42.6. The lowest BCUT2D eigenvalue weighted by atomic mass is 10.1. The van der Waals surface area contributed by atoms with Gasteiger partial charge in [-0.1, -0.05) is 12.1 Å². The second kappa shape index (κ2) is 8.23. The van der Waals surface area contributed by atoms with Crippen LogP contribution in [0.1, 0.15) is 24.4 Å². The molecule has 3 aromatic rings. The number of sulfonamides is 1. The average molecular weight is 448 g/mol. The van der Waals surface area contributed by atoms with E-state index in [0.717, 1.165) is 0 Å². The van der Waals surface area contributed by atoms with E-state index in [1.54, 1.807) is 12.1 Å². The maximum absolute atomic E-state index is 13.1. The summed E-state index contributed by atoms with van der Waals surface area (Å²) in [6, 6.07) is 8.33. The fourth-order valence-electron chi connectivity index (χ4n) is 3.99. The number of carboxylic acid groups (broad SMARTS) is 1. The van der Waals surface area contributed by atoms with E-state index in [2.05, 4.69) is 4.98 Å². The molecule has 1 aliphatic rings. The van der Waals surface area contributed by atoms with Crippen molar-refractivity contribution in [2.75, 3.05) is 13.1 Å². The number of hydrogen-bond acceptors (Lipinski definition) is 5. The van der Waals surface area contributed by atoms with Crippen LogP contribution in [0, 0.1) is 5.82 Å². The molecule has 1 N–H and O–H groups in total. The molecule has 3 heterocycles. The molecule has 0 aliphatic carbocycles. The molecule has 1 aromatic carbocycles. The third kappa shape index (κ3) is 4.23. The van der Waals surface area contributed by atoms with Crippen molar-refractivity contribution < 1.29 is 22.7 Å². The number of benzene rings is 1. The molecule has 9 nitrogen and oxygen atoms in total. The van der Waals surface area contributed by atoms with Crippen LogP contribution in [0.25, 0.3) is 11.2 Å². The first-order valence-electron chi connectivity index (χ1n) is 9.76. The van der Waals surface area contributed by atoms with Gasteiger partial charge in [0.05, 0.1) is 11.3 Å². The summed E-state index contributed by atoms with van der Waals surface area (Å²) >= 11 is 0. The van der Waals surface area contributed by atoms with Crippen molar-refractivity contribution in [3.8, 4) is 0 Å². The van der Waals surface area contributed by atoms with Crippen LogP contribution < -0.4 is 5.69 Å². The van der Waals surface area contributed by atoms with Gasteiger partial charge in [-0.05, 0) is 42.7 Å². The van der Waals surface area contributed by atoms with Crippen LogP contribution in [0.15, 0.2) is 47.4 Å². The van der Waals surface area contributed by atoms with Crippen LogP contribution in [0.2, 0.25) is 0 Å². The van der Waals surface area contributed by atoms with E-state index >= 15 is 0 Å². The van der Waals surface area contributed by atoms with Gasteiger partial charge < -0.3 is 5.11 Å². The van der Waals surface area contributed by atoms with Gasteiger partial charge in [0.15, 0.2) is 5.65 Å². The second-order valence-corrected chi connectivity index (χ2v) is 9.46. The Morgan fingerprint density at radius 2 is 1.84 bits per heavy atom. The Morgan fingerprint density at radius 1 is 1.16 bits per heavy atom. The molecular formula is C20H21FN4O5S. The summed E-state index contributed by atoms with van der Waals surface area (Å²) in [5, 5.41) is 9.15. The van der Waals surface area contributed by atoms with Crippen LogP contribution in [-0.2, 0) is 27.1 Å². The lowest BCUT2D eigenvalue weighted by molar-refractivity contribution is -0.137. The molecule has 0 saturated carbocycles. The average Bonchev–Trinajstić information content (AvgIpc) is 3.01. The summed E-state index contributed by atoms with van der Waals surface area (Å²) in [5.41, 5.74) is 0.854. The third-order valence-electron chi connectivity index (χ3n) is 5.46. The van der Waals surface area contributed by atoms with Crippen molar-refractivity contribution in [3.05, 3.63) is 64.5 Å². The highest BCUT2D eigenvalue weighted by molar-refractivity contribution is 7.88. The predicted octanol–water partition coefficient (Wildman–Crippen LogP) is 1.59. The highest BCUT2D eigenvalue weighted by Gasteiger charge is 2.31. The van der Waals surface area contributed by atoms with E-state index in [0.29, 0.717) is 29.6 Å². The molecule has 1 aliphatic heterocycles. The van der Waals surface area contributed by atoms with Crippen molar-refractivity contribution in [1.82, 2.24) is 18.4 Å². The number of carboxylic acids is 1. The number of nitrogens with zero attached hydrogens (tertiary/aromatic N) is 4. The lowest BCUT2D eigenvalue weighted by Crippen LogP contribution is -2.41. The van der Waals surface area contributed by atoms with Crippen LogP contribution in [0.5, 0.6) is 0 Å². The van der Waals surface area contributed by atoms with Crippen LogP contribution in [-0.4, -0.2) is 51.0 Å². The highest BCUT2D eigenvalue weighted by atomic mass is 32.2. The Hall–Kier alpha value is -3.05. The van der Waals surface area contributed by atoms with Crippen LogP contribution in [0.3, 0.4) is 0 Å². The molecule has 0 spiro atoms. The van der Waals surface area contributed by atoms with Crippen LogP contribution >= 0.6 is 0 Å². The summed E-state index contributed by atoms with van der Waals surface area (Å²) in [5.74, 6) is -1.79. The molecule has 4 rings (SSSR count). The minimum absolute atomic E-state index is 0.221. The first-order chi connectivity index (χ1) is 14.8. The summed E-state index contributed by atoms with van der Waals surface area (Å²) in [6.07, 6.45) is 2.32. The van der Waals surface area contributed by atoms with Gasteiger partial charge in [0.2, 0.25) is 10.0 Å². The highest BCUT2D eigenvalue weighted by Crippen LogP contribution is 2.27. The first-order valence-corrected chi connectivity index (χ1v) is 11.4. The third-order valence-corrected chi connectivity index (χ3v) is 7.31. The van der Waals surface area contributed by atoms with Crippen molar-refractivity contribution in [1.29, 1.82) is 0 Å². The zero-order valence-electron chi connectivity index (χ0n) is 16.5. The molecule has 0 bridgehead atoms. The number of rotatable bonds is 6. The van der Waals surface area contributed by atoms with E-state index in [1.807, 2.05) is 0 Å². The molecule has 31 heavy (non-hydrogen) atoms. The van der Waals surface area contributed by atoms with Gasteiger partial charge in [-0.2, -0.15) is 0 Å². The van der Waals surface area contributed by atoms with Gasteiger partial charge in [0.25, 0.3) is 0 Å². The van der Waals surface area contributed by atoms with Gasteiger partial charge in [-0.3, -0.25) is 13.9 Å². The van der Waals surface area contributed by atoms with E-state index in [4.69, 9.17) is 5.11 Å². The fraction of sp³-hybridized carbons (Fsp3) is 0.350.